The molecule has 0 N–H and O–H groups in total. The fourth-order valence-corrected chi connectivity index (χ4v) is 1.69. The van der Waals surface area contributed by atoms with E-state index < -0.39 is 0 Å². The molecule has 0 fully saturated rings. The average Bonchev–Trinajstić information content (AvgIpc) is 2.70. The van der Waals surface area contributed by atoms with E-state index in [2.05, 4.69) is 32.2 Å². The van der Waals surface area contributed by atoms with Gasteiger partial charge in [-0.2, -0.15) is 5.26 Å². The van der Waals surface area contributed by atoms with Crippen molar-refractivity contribution in [2.24, 2.45) is 0 Å². The van der Waals surface area contributed by atoms with Crippen LogP contribution in [-0.2, 0) is 0 Å². The van der Waals surface area contributed by atoms with E-state index in [1.165, 1.54) is 0 Å². The summed E-state index contributed by atoms with van der Waals surface area (Å²) < 4.78 is 2.61. The van der Waals surface area contributed by atoms with E-state index in [9.17, 15) is 0 Å². The molecule has 0 bridgehead atoms. The monoisotopic (exact) mass is 248 g/mol. The Morgan fingerprint density at radius 1 is 1.29 bits per heavy atom. The van der Waals surface area contributed by atoms with Crippen molar-refractivity contribution in [3.63, 3.8) is 0 Å². The maximum absolute atomic E-state index is 8.68. The number of nitriles is 1. The van der Waals surface area contributed by atoms with Crippen LogP contribution in [0.2, 0.25) is 0 Å². The van der Waals surface area contributed by atoms with Crippen LogP contribution >= 0.6 is 15.9 Å². The van der Waals surface area contributed by atoms with Crippen molar-refractivity contribution in [1.82, 2.24) is 14.8 Å². The van der Waals surface area contributed by atoms with Gasteiger partial charge in [-0.3, -0.25) is 4.57 Å². The Labute approximate surface area is 88.9 Å². The molecule has 2 aromatic rings. The quantitative estimate of drug-likeness (QED) is 0.775. The molecule has 0 saturated heterocycles. The molecule has 68 valence electrons. The largest absolute Gasteiger partial charge is 0.287 e. The van der Waals surface area contributed by atoms with Gasteiger partial charge in [-0.25, -0.2) is 0 Å². The van der Waals surface area contributed by atoms with Gasteiger partial charge in [-0.1, -0.05) is 0 Å². The molecule has 0 aliphatic carbocycles. The van der Waals surface area contributed by atoms with E-state index in [-0.39, 0.29) is 0 Å². The highest BCUT2D eigenvalue weighted by atomic mass is 79.9. The summed E-state index contributed by atoms with van der Waals surface area (Å²) in [4.78, 5) is 0. The molecule has 0 spiro atoms. The Hall–Kier alpha value is -1.67. The second kappa shape index (κ2) is 3.60. The van der Waals surface area contributed by atoms with Gasteiger partial charge in [0.2, 0.25) is 0 Å². The lowest BCUT2D eigenvalue weighted by Crippen LogP contribution is -1.91. The van der Waals surface area contributed by atoms with Crippen molar-refractivity contribution in [1.29, 1.82) is 5.26 Å². The van der Waals surface area contributed by atoms with Crippen LogP contribution in [0.5, 0.6) is 0 Å². The number of benzene rings is 1. The number of nitrogens with zero attached hydrogens (tertiary/aromatic N) is 4. The lowest BCUT2D eigenvalue weighted by molar-refractivity contribution is 1.05. The first-order chi connectivity index (χ1) is 6.81. The van der Waals surface area contributed by atoms with Gasteiger partial charge >= 0.3 is 0 Å². The molecule has 1 aromatic heterocycles. The summed E-state index contributed by atoms with van der Waals surface area (Å²) in [5.74, 6) is 0. The van der Waals surface area contributed by atoms with Crippen LogP contribution in [0.1, 0.15) is 5.56 Å². The molecular weight excluding hydrogens is 244 g/mol. The van der Waals surface area contributed by atoms with Gasteiger partial charge in [0.15, 0.2) is 0 Å². The molecular formula is C9H5BrN4. The summed E-state index contributed by atoms with van der Waals surface area (Å²) >= 11 is 3.38. The van der Waals surface area contributed by atoms with Crippen molar-refractivity contribution >= 4 is 15.9 Å². The molecule has 0 saturated carbocycles. The fourth-order valence-electron chi connectivity index (χ4n) is 1.11. The van der Waals surface area contributed by atoms with Crippen LogP contribution in [0.15, 0.2) is 35.3 Å². The van der Waals surface area contributed by atoms with E-state index >= 15 is 0 Å². The number of aromatic nitrogens is 3. The highest BCUT2D eigenvalue weighted by Crippen LogP contribution is 2.21. The maximum atomic E-state index is 8.68. The van der Waals surface area contributed by atoms with Crippen molar-refractivity contribution in [3.8, 4) is 11.8 Å². The lowest BCUT2D eigenvalue weighted by atomic mass is 10.2. The van der Waals surface area contributed by atoms with E-state index in [0.29, 0.717) is 5.56 Å². The predicted octanol–water partition coefficient (Wildman–Crippen LogP) is 1.90. The molecule has 14 heavy (non-hydrogen) atoms. The van der Waals surface area contributed by atoms with Gasteiger partial charge in [0.05, 0.1) is 17.3 Å². The molecule has 2 rings (SSSR count). The summed E-state index contributed by atoms with van der Waals surface area (Å²) in [6.07, 6.45) is 3.21. The van der Waals surface area contributed by atoms with E-state index in [0.717, 1.165) is 10.2 Å². The number of halogens is 1. The zero-order valence-corrected chi connectivity index (χ0v) is 8.64. The standard InChI is InChI=1S/C9H5BrN4/c10-8-3-7(4-11)1-2-9(8)14-5-12-13-6-14/h1-3,5-6H. The smallest absolute Gasteiger partial charge is 0.123 e. The third-order valence-electron chi connectivity index (χ3n) is 1.77. The van der Waals surface area contributed by atoms with Gasteiger partial charge in [-0.15, -0.1) is 10.2 Å². The van der Waals surface area contributed by atoms with Crippen LogP contribution in [-0.4, -0.2) is 14.8 Å². The molecule has 0 aliphatic rings. The summed E-state index contributed by atoms with van der Waals surface area (Å²) in [6, 6.07) is 7.42. The Morgan fingerprint density at radius 2 is 2.00 bits per heavy atom. The Balaban J connectivity index is 2.52. The van der Waals surface area contributed by atoms with E-state index in [1.54, 1.807) is 29.4 Å². The van der Waals surface area contributed by atoms with Gasteiger partial charge in [0.1, 0.15) is 12.7 Å². The average molecular weight is 249 g/mol. The minimum Gasteiger partial charge on any atom is -0.287 e. The second-order valence-electron chi connectivity index (χ2n) is 2.65. The first-order valence-corrected chi connectivity index (χ1v) is 4.65. The number of hydrogen-bond acceptors (Lipinski definition) is 3. The first kappa shape index (κ1) is 8.91. The van der Waals surface area contributed by atoms with Crippen molar-refractivity contribution in [2.45, 2.75) is 0 Å². The van der Waals surface area contributed by atoms with E-state index in [4.69, 9.17) is 5.26 Å². The van der Waals surface area contributed by atoms with Gasteiger partial charge in [0.25, 0.3) is 0 Å². The van der Waals surface area contributed by atoms with Crippen LogP contribution in [0.3, 0.4) is 0 Å². The van der Waals surface area contributed by atoms with Crippen LogP contribution < -0.4 is 0 Å². The molecule has 0 aliphatic heterocycles. The van der Waals surface area contributed by atoms with Crippen molar-refractivity contribution in [3.05, 3.63) is 40.9 Å². The topological polar surface area (TPSA) is 54.5 Å². The number of rotatable bonds is 1. The molecule has 0 atom stereocenters. The Morgan fingerprint density at radius 3 is 2.57 bits per heavy atom. The normalized spacial score (nSPS) is 9.71. The minimum atomic E-state index is 0.619. The highest BCUT2D eigenvalue weighted by Gasteiger charge is 2.02. The summed E-state index contributed by atoms with van der Waals surface area (Å²) in [7, 11) is 0. The molecule has 4 nitrogen and oxygen atoms in total. The zero-order chi connectivity index (χ0) is 9.97. The lowest BCUT2D eigenvalue weighted by Gasteiger charge is -2.03. The Bertz CT molecular complexity index is 484. The van der Waals surface area contributed by atoms with Crippen molar-refractivity contribution < 1.29 is 0 Å². The fraction of sp³-hybridized carbons (Fsp3) is 0. The van der Waals surface area contributed by atoms with Crippen molar-refractivity contribution in [2.75, 3.05) is 0 Å². The predicted molar refractivity (Wildman–Crippen MR) is 53.8 cm³/mol. The van der Waals surface area contributed by atoms with Crippen LogP contribution in [0, 0.1) is 11.3 Å². The minimum absolute atomic E-state index is 0.619. The van der Waals surface area contributed by atoms with Crippen LogP contribution in [0.25, 0.3) is 5.69 Å². The first-order valence-electron chi connectivity index (χ1n) is 3.86. The maximum Gasteiger partial charge on any atom is 0.123 e. The van der Waals surface area contributed by atoms with Gasteiger partial charge in [-0.05, 0) is 34.1 Å². The molecule has 0 unspecified atom stereocenters. The third kappa shape index (κ3) is 1.52. The van der Waals surface area contributed by atoms with Crippen LogP contribution in [0.4, 0.5) is 0 Å². The molecule has 0 amide bonds. The summed E-state index contributed by atoms with van der Waals surface area (Å²) in [5, 5.41) is 16.1. The molecule has 0 radical (unpaired) electrons. The molecule has 1 heterocycles. The van der Waals surface area contributed by atoms with Gasteiger partial charge in [0, 0.05) is 4.47 Å². The molecule has 5 heteroatoms. The summed E-state index contributed by atoms with van der Waals surface area (Å²) in [6.45, 7) is 0. The van der Waals surface area contributed by atoms with Gasteiger partial charge < -0.3 is 0 Å². The zero-order valence-electron chi connectivity index (χ0n) is 7.05. The summed E-state index contributed by atoms with van der Waals surface area (Å²) in [5.41, 5.74) is 1.53. The second-order valence-corrected chi connectivity index (χ2v) is 3.50. The SMILES string of the molecule is N#Cc1ccc(-n2cnnc2)c(Br)c1. The highest BCUT2D eigenvalue weighted by molar-refractivity contribution is 9.10. The van der Waals surface area contributed by atoms with E-state index in [1.807, 2.05) is 6.07 Å². The number of hydrogen-bond donors (Lipinski definition) is 0. The Kier molecular flexibility index (Phi) is 2.29. The molecule has 1 aromatic carbocycles. The third-order valence-corrected chi connectivity index (χ3v) is 2.41.